The van der Waals surface area contributed by atoms with Crippen molar-refractivity contribution in [3.05, 3.63) is 18.1 Å². The first kappa shape index (κ1) is 16.4. The fourth-order valence-electron chi connectivity index (χ4n) is 2.99. The normalized spacial score (nSPS) is 23.9. The topological polar surface area (TPSA) is 58.5 Å². The molecule has 1 N–H and O–H groups in total. The van der Waals surface area contributed by atoms with Crippen LogP contribution >= 0.6 is 0 Å². The summed E-state index contributed by atoms with van der Waals surface area (Å²) >= 11 is 0. The molecule has 0 radical (unpaired) electrons. The molecule has 1 saturated heterocycles. The molecule has 0 amide bonds. The van der Waals surface area contributed by atoms with Crippen LogP contribution in [-0.2, 0) is 6.18 Å². The molecule has 1 atom stereocenters. The summed E-state index contributed by atoms with van der Waals surface area (Å²) in [7, 11) is 0. The van der Waals surface area contributed by atoms with Crippen molar-refractivity contribution in [2.45, 2.75) is 25.4 Å². The Balaban J connectivity index is 1.48. The minimum Gasteiger partial charge on any atom is -0.477 e. The predicted molar refractivity (Wildman–Crippen MR) is 75.8 cm³/mol. The van der Waals surface area contributed by atoms with Gasteiger partial charge >= 0.3 is 6.18 Å². The molecule has 2 aliphatic rings. The fourth-order valence-corrected chi connectivity index (χ4v) is 2.99. The number of rotatable bonds is 6. The summed E-state index contributed by atoms with van der Waals surface area (Å²) in [6.45, 7) is 3.25. The average Bonchev–Trinajstić information content (AvgIpc) is 3.15. The number of aromatic nitrogens is 2. The minimum absolute atomic E-state index is 0.0419. The Morgan fingerprint density at radius 2 is 2.13 bits per heavy atom. The molecule has 1 aromatic heterocycles. The summed E-state index contributed by atoms with van der Waals surface area (Å²) in [4.78, 5) is 9.25. The van der Waals surface area contributed by atoms with Crippen LogP contribution in [0.15, 0.2) is 12.4 Å². The lowest BCUT2D eigenvalue weighted by molar-refractivity contribution is -0.141. The van der Waals surface area contributed by atoms with Gasteiger partial charge in [0.1, 0.15) is 6.33 Å². The second kappa shape index (κ2) is 6.24. The molecule has 0 unspecified atom stereocenters. The van der Waals surface area contributed by atoms with E-state index >= 15 is 0 Å². The van der Waals surface area contributed by atoms with Gasteiger partial charge in [-0.25, -0.2) is 9.97 Å². The standard InChI is InChI=1S/C15H20F3N3O2/c16-15(17,18)12-5-13(20-10-19-12)23-7-11-1-4-21(6-11)8-14(9-22)2-3-14/h5,10-11,22H,1-4,6-9H2/t11-/m1/s1. The van der Waals surface area contributed by atoms with Gasteiger partial charge in [-0.15, -0.1) is 0 Å². The Morgan fingerprint density at radius 3 is 2.78 bits per heavy atom. The highest BCUT2D eigenvalue weighted by Crippen LogP contribution is 2.46. The molecule has 23 heavy (non-hydrogen) atoms. The van der Waals surface area contributed by atoms with Gasteiger partial charge in [-0.3, -0.25) is 0 Å². The molecule has 1 aromatic rings. The maximum Gasteiger partial charge on any atom is 0.433 e. The van der Waals surface area contributed by atoms with Crippen LogP contribution in [0.1, 0.15) is 25.0 Å². The van der Waals surface area contributed by atoms with E-state index in [1.807, 2.05) is 0 Å². The maximum atomic E-state index is 12.6. The smallest absolute Gasteiger partial charge is 0.433 e. The van der Waals surface area contributed by atoms with Crippen LogP contribution in [0.3, 0.4) is 0 Å². The molecule has 128 valence electrons. The van der Waals surface area contributed by atoms with Gasteiger partial charge in [0.15, 0.2) is 5.69 Å². The molecule has 8 heteroatoms. The number of alkyl halides is 3. The summed E-state index contributed by atoms with van der Waals surface area (Å²) in [5.74, 6) is 0.230. The quantitative estimate of drug-likeness (QED) is 0.864. The van der Waals surface area contributed by atoms with Crippen LogP contribution in [0.5, 0.6) is 5.88 Å². The molecular formula is C15H20F3N3O2. The summed E-state index contributed by atoms with van der Waals surface area (Å²) < 4.78 is 43.2. The number of aliphatic hydroxyl groups is 1. The Hall–Kier alpha value is -1.41. The highest BCUT2D eigenvalue weighted by atomic mass is 19.4. The second-order valence-corrected chi connectivity index (χ2v) is 6.60. The van der Waals surface area contributed by atoms with Crippen molar-refractivity contribution in [1.82, 2.24) is 14.9 Å². The van der Waals surface area contributed by atoms with Crippen LogP contribution in [-0.4, -0.2) is 52.8 Å². The van der Waals surface area contributed by atoms with E-state index in [2.05, 4.69) is 14.9 Å². The van der Waals surface area contributed by atoms with Crippen molar-refractivity contribution in [3.8, 4) is 5.88 Å². The molecule has 1 saturated carbocycles. The Bertz CT molecular complexity index is 549. The third-order valence-electron chi connectivity index (χ3n) is 4.62. The first-order valence-electron chi connectivity index (χ1n) is 7.75. The van der Waals surface area contributed by atoms with E-state index in [1.165, 1.54) is 0 Å². The molecule has 0 aromatic carbocycles. The van der Waals surface area contributed by atoms with Gasteiger partial charge < -0.3 is 14.7 Å². The third-order valence-corrected chi connectivity index (χ3v) is 4.62. The lowest BCUT2D eigenvalue weighted by Gasteiger charge is -2.21. The number of likely N-dealkylation sites (tertiary alicyclic amines) is 1. The predicted octanol–water partition coefficient (Wildman–Crippen LogP) is 1.97. The van der Waals surface area contributed by atoms with Gasteiger partial charge in [0.25, 0.3) is 0 Å². The molecule has 3 rings (SSSR count). The van der Waals surface area contributed by atoms with Crippen molar-refractivity contribution in [3.63, 3.8) is 0 Å². The van der Waals surface area contributed by atoms with Gasteiger partial charge in [0.05, 0.1) is 6.61 Å². The number of hydrogen-bond acceptors (Lipinski definition) is 5. The lowest BCUT2D eigenvalue weighted by atomic mass is 10.1. The van der Waals surface area contributed by atoms with E-state index in [-0.39, 0.29) is 23.8 Å². The molecule has 2 heterocycles. The van der Waals surface area contributed by atoms with Crippen molar-refractivity contribution in [2.75, 3.05) is 32.8 Å². The van der Waals surface area contributed by atoms with E-state index < -0.39 is 11.9 Å². The zero-order chi connectivity index (χ0) is 16.5. The summed E-state index contributed by atoms with van der Waals surface area (Å²) in [6.07, 6.45) is -0.533. The number of hydrogen-bond donors (Lipinski definition) is 1. The van der Waals surface area contributed by atoms with Gasteiger partial charge in [-0.1, -0.05) is 0 Å². The van der Waals surface area contributed by atoms with Crippen LogP contribution < -0.4 is 4.74 Å². The average molecular weight is 331 g/mol. The van der Waals surface area contributed by atoms with Crippen LogP contribution in [0.2, 0.25) is 0 Å². The Morgan fingerprint density at radius 1 is 1.35 bits per heavy atom. The summed E-state index contributed by atoms with van der Waals surface area (Å²) in [5.41, 5.74) is -0.904. The molecule has 1 aliphatic carbocycles. The zero-order valence-corrected chi connectivity index (χ0v) is 12.7. The maximum absolute atomic E-state index is 12.6. The van der Waals surface area contributed by atoms with E-state index in [9.17, 15) is 18.3 Å². The van der Waals surface area contributed by atoms with Crippen molar-refractivity contribution in [2.24, 2.45) is 11.3 Å². The molecular weight excluding hydrogens is 311 g/mol. The van der Waals surface area contributed by atoms with E-state index in [0.29, 0.717) is 6.61 Å². The van der Waals surface area contributed by atoms with E-state index in [4.69, 9.17) is 4.74 Å². The molecule has 5 nitrogen and oxygen atoms in total. The number of halogens is 3. The van der Waals surface area contributed by atoms with Gasteiger partial charge in [-0.05, 0) is 25.8 Å². The van der Waals surface area contributed by atoms with Gasteiger partial charge in [-0.2, -0.15) is 13.2 Å². The Kier molecular flexibility index (Phi) is 4.46. The fraction of sp³-hybridized carbons (Fsp3) is 0.733. The lowest BCUT2D eigenvalue weighted by Crippen LogP contribution is -2.31. The Labute approximate surface area is 132 Å². The molecule has 2 fully saturated rings. The molecule has 0 bridgehead atoms. The first-order valence-corrected chi connectivity index (χ1v) is 7.75. The van der Waals surface area contributed by atoms with Crippen molar-refractivity contribution >= 4 is 0 Å². The number of ether oxygens (including phenoxy) is 1. The van der Waals surface area contributed by atoms with Crippen molar-refractivity contribution < 1.29 is 23.0 Å². The minimum atomic E-state index is -4.49. The van der Waals surface area contributed by atoms with E-state index in [0.717, 1.165) is 51.3 Å². The van der Waals surface area contributed by atoms with E-state index in [1.54, 1.807) is 0 Å². The van der Waals surface area contributed by atoms with Gasteiger partial charge in [0.2, 0.25) is 5.88 Å². The van der Waals surface area contributed by atoms with Crippen LogP contribution in [0.25, 0.3) is 0 Å². The largest absolute Gasteiger partial charge is 0.477 e. The van der Waals surface area contributed by atoms with Crippen molar-refractivity contribution in [1.29, 1.82) is 0 Å². The first-order chi connectivity index (χ1) is 10.9. The highest BCUT2D eigenvalue weighted by molar-refractivity contribution is 5.15. The molecule has 1 aliphatic heterocycles. The monoisotopic (exact) mass is 331 g/mol. The zero-order valence-electron chi connectivity index (χ0n) is 12.7. The SMILES string of the molecule is OCC1(CN2CC[C@@H](COc3cc(C(F)(F)F)ncn3)C2)CC1. The van der Waals surface area contributed by atoms with Gasteiger partial charge in [0, 0.05) is 37.1 Å². The van der Waals surface area contributed by atoms with Crippen LogP contribution in [0.4, 0.5) is 13.2 Å². The highest BCUT2D eigenvalue weighted by Gasteiger charge is 2.44. The summed E-state index contributed by atoms with van der Waals surface area (Å²) in [6, 6.07) is 0.831. The third kappa shape index (κ3) is 4.11. The molecule has 0 spiro atoms. The number of nitrogens with zero attached hydrogens (tertiary/aromatic N) is 3. The van der Waals surface area contributed by atoms with Crippen LogP contribution in [0, 0.1) is 11.3 Å². The second-order valence-electron chi connectivity index (χ2n) is 6.60. The number of aliphatic hydroxyl groups excluding tert-OH is 1. The summed E-state index contributed by atoms with van der Waals surface area (Å²) in [5, 5.41) is 9.37.